The molecule has 0 N–H and O–H groups in total. The molecule has 0 fully saturated rings. The van der Waals surface area contributed by atoms with Crippen molar-refractivity contribution in [3.8, 4) is 145 Å². The van der Waals surface area contributed by atoms with Gasteiger partial charge < -0.3 is 9.80 Å². The van der Waals surface area contributed by atoms with Crippen LogP contribution in [0.3, 0.4) is 0 Å². The largest absolute Gasteiger partial charge is 0.310 e. The number of anilines is 6. The van der Waals surface area contributed by atoms with Crippen molar-refractivity contribution in [1.82, 2.24) is 0 Å². The summed E-state index contributed by atoms with van der Waals surface area (Å²) in [5.74, 6) is 0. The molecule has 19 aromatic carbocycles. The summed E-state index contributed by atoms with van der Waals surface area (Å²) in [6.45, 7) is 28.6. The Balaban J connectivity index is 0.000000148. The normalized spacial score (nSPS) is 14.9. The zero-order valence-corrected chi connectivity index (χ0v) is 78.3. The summed E-state index contributed by atoms with van der Waals surface area (Å²) in [5, 5.41) is 0. The van der Waals surface area contributed by atoms with Gasteiger partial charge in [-0.2, -0.15) is 0 Å². The molecule has 0 bridgehead atoms. The summed E-state index contributed by atoms with van der Waals surface area (Å²) in [4.78, 5) is 4.96. The number of benzene rings is 19. The standard InChI is InChI=1S/C69H55N.C63H51N/c1-67(2)61-20-14-13-19-55(61)56-34-28-51(40-62(56)67)48-25-30-52(31-26-48)70(53-32-37-59-57-35-27-49(45-17-11-8-12-18-45)39-63(57)68(3,4)65(59)42-53)54-33-38-60-58-36-29-50(41-64(58)69(5,6)66(60)43-54)47-23-21-46(22-24-47)44-15-9-7-10-16-44;1-61(2)55-18-12-10-16-49(55)51-32-26-45(36-57(51)61)43-24-28-46(29-25-43)64(47-30-34-53-50-17-11-13-19-56(50)62(3,4)59(53)38-47)48-31-35-54-52-33-27-44(37-58(52)63(5,6)60(54)39-48)42-22-20-41(21-23-42)40-14-8-7-9-15-40/h7-43H,1-6H3;7-39H,1-6H3. The van der Waals surface area contributed by atoms with Gasteiger partial charge in [0, 0.05) is 66.6 Å². The fourth-order valence-corrected chi connectivity index (χ4v) is 23.8. The summed E-state index contributed by atoms with van der Waals surface area (Å²) < 4.78 is 0. The third kappa shape index (κ3) is 13.0. The zero-order valence-electron chi connectivity index (χ0n) is 78.3. The average Bonchev–Trinajstić information content (AvgIpc) is 1.54. The molecule has 2 heteroatoms. The van der Waals surface area contributed by atoms with Crippen LogP contribution in [0.25, 0.3) is 145 Å². The van der Waals surface area contributed by atoms with Crippen molar-refractivity contribution in [3.05, 3.63) is 491 Å². The maximum Gasteiger partial charge on any atom is 0.0465 e. The lowest BCUT2D eigenvalue weighted by Crippen LogP contribution is -2.18. The summed E-state index contributed by atoms with van der Waals surface area (Å²) in [5.41, 5.74) is 56.0. The molecule has 0 heterocycles. The van der Waals surface area contributed by atoms with Gasteiger partial charge in [-0.1, -0.05) is 405 Å². The Morgan fingerprint density at radius 2 is 0.254 bits per heavy atom. The molecule has 0 saturated heterocycles. The van der Waals surface area contributed by atoms with E-state index >= 15 is 0 Å². The van der Waals surface area contributed by atoms with Crippen LogP contribution in [0.1, 0.15) is 150 Å². The third-order valence-electron chi connectivity index (χ3n) is 31.4. The number of rotatable bonds is 13. The SMILES string of the molecule is CC1(C)c2ccccc2-c2ccc(-c3ccc(N(c4ccc5c(c4)C(C)(C)c4cc(-c6ccccc6)ccc4-5)c4ccc5c(c4)C(C)(C)c4cc(-c6ccc(-c7ccccc7)cc6)ccc4-5)cc3)cc21.CC1(C)c2ccccc2-c2ccc(-c3ccc(N(c4ccc5c(c4)C(C)(C)c4ccccc4-5)c4ccc5c(c4)C(C)(C)c4cc(-c6ccc(-c7ccccc7)cc6)ccc4-5)cc3)cc21. The Morgan fingerprint density at radius 3 is 0.485 bits per heavy atom. The first-order valence-corrected chi connectivity index (χ1v) is 47.7. The zero-order chi connectivity index (χ0) is 91.1. The van der Waals surface area contributed by atoms with Gasteiger partial charge in [0.1, 0.15) is 0 Å². The van der Waals surface area contributed by atoms with Crippen molar-refractivity contribution < 1.29 is 0 Å². The number of fused-ring (bicyclic) bond motifs is 18. The minimum absolute atomic E-state index is 0.0452. The van der Waals surface area contributed by atoms with E-state index in [1.807, 2.05) is 0 Å². The molecule has 0 spiro atoms. The van der Waals surface area contributed by atoms with E-state index in [9.17, 15) is 0 Å². The maximum absolute atomic E-state index is 2.49. The molecule has 134 heavy (non-hydrogen) atoms. The molecule has 0 unspecified atom stereocenters. The average molecular weight is 1720 g/mol. The second-order valence-corrected chi connectivity index (χ2v) is 41.1. The van der Waals surface area contributed by atoms with Crippen molar-refractivity contribution in [3.63, 3.8) is 0 Å². The van der Waals surface area contributed by atoms with E-state index in [-0.39, 0.29) is 32.5 Å². The van der Waals surface area contributed by atoms with Gasteiger partial charge in [-0.25, -0.2) is 0 Å². The molecule has 0 saturated carbocycles. The minimum Gasteiger partial charge on any atom is -0.310 e. The van der Waals surface area contributed by atoms with E-state index in [1.165, 1.54) is 217 Å². The van der Waals surface area contributed by atoms with Crippen molar-refractivity contribution in [2.24, 2.45) is 0 Å². The molecule has 0 aliphatic heterocycles. The van der Waals surface area contributed by atoms with E-state index < -0.39 is 0 Å². The summed E-state index contributed by atoms with van der Waals surface area (Å²) >= 11 is 0. The summed E-state index contributed by atoms with van der Waals surface area (Å²) in [6.07, 6.45) is 0. The predicted octanol–water partition coefficient (Wildman–Crippen LogP) is 35.8. The highest BCUT2D eigenvalue weighted by molar-refractivity contribution is 5.95. The van der Waals surface area contributed by atoms with Gasteiger partial charge in [0.05, 0.1) is 0 Å². The van der Waals surface area contributed by atoms with Crippen LogP contribution in [0.15, 0.2) is 425 Å². The van der Waals surface area contributed by atoms with Crippen molar-refractivity contribution in [2.75, 3.05) is 9.80 Å². The minimum atomic E-state index is -0.213. The van der Waals surface area contributed by atoms with Crippen LogP contribution in [-0.4, -0.2) is 0 Å². The Bertz CT molecular complexity index is 7970. The lowest BCUT2D eigenvalue weighted by Gasteiger charge is -2.30. The highest BCUT2D eigenvalue weighted by Crippen LogP contribution is 2.60. The van der Waals surface area contributed by atoms with Crippen LogP contribution in [0, 0.1) is 0 Å². The third-order valence-corrected chi connectivity index (χ3v) is 31.4. The Morgan fingerprint density at radius 1 is 0.112 bits per heavy atom. The van der Waals surface area contributed by atoms with Crippen LogP contribution in [0.4, 0.5) is 34.1 Å². The van der Waals surface area contributed by atoms with Gasteiger partial charge in [-0.05, 0) is 315 Å². The molecule has 0 amide bonds. The predicted molar refractivity (Wildman–Crippen MR) is 566 cm³/mol. The molecular formula is C132H106N2. The van der Waals surface area contributed by atoms with Crippen molar-refractivity contribution >= 4 is 34.1 Å². The highest BCUT2D eigenvalue weighted by atomic mass is 15.1. The van der Waals surface area contributed by atoms with Crippen LogP contribution in [0.2, 0.25) is 0 Å². The van der Waals surface area contributed by atoms with E-state index in [0.29, 0.717) is 0 Å². The monoisotopic (exact) mass is 1720 g/mol. The quantitative estimate of drug-likeness (QED) is 0.114. The van der Waals surface area contributed by atoms with Gasteiger partial charge >= 0.3 is 0 Å². The van der Waals surface area contributed by atoms with Gasteiger partial charge in [-0.15, -0.1) is 0 Å². The van der Waals surface area contributed by atoms with E-state index in [0.717, 1.165) is 28.4 Å². The lowest BCUT2D eigenvalue weighted by molar-refractivity contribution is 0.660. The Hall–Kier alpha value is -15.2. The number of nitrogens with zero attached hydrogens (tertiary/aromatic N) is 2. The van der Waals surface area contributed by atoms with Gasteiger partial charge in [0.25, 0.3) is 0 Å². The first-order chi connectivity index (χ1) is 64.9. The van der Waals surface area contributed by atoms with E-state index in [2.05, 4.69) is 518 Å². The molecule has 0 radical (unpaired) electrons. The van der Waals surface area contributed by atoms with Gasteiger partial charge in [-0.3, -0.25) is 0 Å². The fraction of sp³-hybridized carbons (Fsp3) is 0.136. The Labute approximate surface area is 790 Å². The van der Waals surface area contributed by atoms with Gasteiger partial charge in [0.15, 0.2) is 0 Å². The first-order valence-electron chi connectivity index (χ1n) is 47.7. The van der Waals surface area contributed by atoms with Crippen molar-refractivity contribution in [1.29, 1.82) is 0 Å². The molecule has 2 nitrogen and oxygen atoms in total. The molecule has 644 valence electrons. The van der Waals surface area contributed by atoms with Crippen LogP contribution in [0.5, 0.6) is 0 Å². The first kappa shape index (κ1) is 82.0. The Kier molecular flexibility index (Phi) is 18.8. The lowest BCUT2D eigenvalue weighted by atomic mass is 9.81. The van der Waals surface area contributed by atoms with Crippen LogP contribution < -0.4 is 9.80 Å². The molecule has 25 rings (SSSR count). The molecule has 6 aliphatic rings. The molecule has 0 atom stereocenters. The summed E-state index contributed by atoms with van der Waals surface area (Å²) in [6, 6.07) is 159. The summed E-state index contributed by atoms with van der Waals surface area (Å²) in [7, 11) is 0. The van der Waals surface area contributed by atoms with Crippen LogP contribution in [-0.2, 0) is 32.5 Å². The van der Waals surface area contributed by atoms with Gasteiger partial charge in [0.2, 0.25) is 0 Å². The van der Waals surface area contributed by atoms with E-state index in [1.54, 1.807) is 0 Å². The van der Waals surface area contributed by atoms with E-state index in [4.69, 9.17) is 0 Å². The maximum atomic E-state index is 2.49. The molecule has 19 aromatic rings. The smallest absolute Gasteiger partial charge is 0.0465 e. The number of hydrogen-bond acceptors (Lipinski definition) is 2. The second-order valence-electron chi connectivity index (χ2n) is 41.1. The van der Waals surface area contributed by atoms with Crippen molar-refractivity contribution in [2.45, 2.75) is 116 Å². The highest BCUT2D eigenvalue weighted by Gasteiger charge is 2.43. The second kappa shape index (κ2) is 30.7. The molecule has 6 aliphatic carbocycles. The topological polar surface area (TPSA) is 6.48 Å². The molecular weight excluding hydrogens is 1610 g/mol. The van der Waals surface area contributed by atoms with Crippen LogP contribution >= 0.6 is 0 Å². The fourth-order valence-electron chi connectivity index (χ4n) is 23.8. The number of hydrogen-bond donors (Lipinski definition) is 0. The molecule has 0 aromatic heterocycles.